The van der Waals surface area contributed by atoms with Gasteiger partial charge < -0.3 is 4.74 Å². The SMILES string of the molecule is C=C(C)C(=O)OCCCCCC.F. The van der Waals surface area contributed by atoms with Crippen LogP contribution in [0.4, 0.5) is 4.70 Å². The van der Waals surface area contributed by atoms with Crippen molar-refractivity contribution in [3.63, 3.8) is 0 Å². The summed E-state index contributed by atoms with van der Waals surface area (Å²) in [5.41, 5.74) is 0.477. The maximum Gasteiger partial charge on any atom is 0.333 e. The van der Waals surface area contributed by atoms with Gasteiger partial charge >= 0.3 is 5.97 Å². The van der Waals surface area contributed by atoms with Crippen LogP contribution >= 0.6 is 0 Å². The van der Waals surface area contributed by atoms with Crippen molar-refractivity contribution in [3.8, 4) is 0 Å². The molecular weight excluding hydrogens is 171 g/mol. The molecule has 0 spiro atoms. The number of esters is 1. The van der Waals surface area contributed by atoms with Crippen molar-refractivity contribution in [1.29, 1.82) is 0 Å². The molecule has 0 unspecified atom stereocenters. The topological polar surface area (TPSA) is 26.3 Å². The third kappa shape index (κ3) is 9.05. The zero-order valence-corrected chi connectivity index (χ0v) is 8.47. The van der Waals surface area contributed by atoms with Crippen LogP contribution in [0.25, 0.3) is 0 Å². The second-order valence-corrected chi connectivity index (χ2v) is 2.98. The van der Waals surface area contributed by atoms with E-state index in [4.69, 9.17) is 4.74 Å². The summed E-state index contributed by atoms with van der Waals surface area (Å²) in [6, 6.07) is 0. The van der Waals surface area contributed by atoms with Crippen molar-refractivity contribution in [2.45, 2.75) is 39.5 Å². The molecule has 0 bridgehead atoms. The Balaban J connectivity index is 0. The van der Waals surface area contributed by atoms with E-state index in [0.717, 1.165) is 12.8 Å². The molecule has 0 rings (SSSR count). The monoisotopic (exact) mass is 190 g/mol. The number of carbonyl (C=O) groups is 1. The normalized spacial score (nSPS) is 8.77. The van der Waals surface area contributed by atoms with E-state index in [0.29, 0.717) is 12.2 Å². The Hall–Kier alpha value is -0.860. The van der Waals surface area contributed by atoms with Gasteiger partial charge in [0.1, 0.15) is 0 Å². The Labute approximate surface area is 79.3 Å². The predicted molar refractivity (Wildman–Crippen MR) is 52.4 cm³/mol. The highest BCUT2D eigenvalue weighted by Crippen LogP contribution is 2.00. The fourth-order valence-corrected chi connectivity index (χ4v) is 0.817. The highest BCUT2D eigenvalue weighted by atomic mass is 19.0. The molecule has 0 fully saturated rings. The molecule has 0 saturated carbocycles. The van der Waals surface area contributed by atoms with E-state index >= 15 is 0 Å². The van der Waals surface area contributed by atoms with Gasteiger partial charge in [0.05, 0.1) is 6.61 Å². The van der Waals surface area contributed by atoms with Crippen LogP contribution < -0.4 is 0 Å². The van der Waals surface area contributed by atoms with Crippen molar-refractivity contribution >= 4 is 5.97 Å². The minimum Gasteiger partial charge on any atom is -0.462 e. The van der Waals surface area contributed by atoms with Crippen LogP contribution in [0.5, 0.6) is 0 Å². The third-order valence-electron chi connectivity index (χ3n) is 1.58. The number of hydrogen-bond acceptors (Lipinski definition) is 2. The van der Waals surface area contributed by atoms with Gasteiger partial charge in [0.2, 0.25) is 0 Å². The molecule has 0 aromatic rings. The molecule has 0 atom stereocenters. The Morgan fingerprint density at radius 3 is 2.38 bits per heavy atom. The second kappa shape index (κ2) is 9.23. The standard InChI is InChI=1S/C10H18O2.FH/c1-4-5-6-7-8-12-10(11)9(2)3;/h2,4-8H2,1,3H3;1H. The Bertz CT molecular complexity index is 155. The highest BCUT2D eigenvalue weighted by molar-refractivity contribution is 5.86. The number of ether oxygens (including phenoxy) is 1. The van der Waals surface area contributed by atoms with Gasteiger partial charge in [-0.25, -0.2) is 4.79 Å². The van der Waals surface area contributed by atoms with Crippen LogP contribution in [0.1, 0.15) is 39.5 Å². The van der Waals surface area contributed by atoms with Gasteiger partial charge in [-0.3, -0.25) is 4.70 Å². The van der Waals surface area contributed by atoms with Crippen LogP contribution in [0.2, 0.25) is 0 Å². The molecule has 0 aliphatic carbocycles. The lowest BCUT2D eigenvalue weighted by Crippen LogP contribution is -2.05. The minimum atomic E-state index is -0.272. The van der Waals surface area contributed by atoms with E-state index in [1.807, 2.05) is 0 Å². The van der Waals surface area contributed by atoms with E-state index in [1.165, 1.54) is 12.8 Å². The maximum absolute atomic E-state index is 10.9. The first-order chi connectivity index (χ1) is 5.68. The first-order valence-corrected chi connectivity index (χ1v) is 4.51. The van der Waals surface area contributed by atoms with E-state index < -0.39 is 0 Å². The summed E-state index contributed by atoms with van der Waals surface area (Å²) in [7, 11) is 0. The van der Waals surface area contributed by atoms with Crippen LogP contribution in [0, 0.1) is 0 Å². The zero-order chi connectivity index (χ0) is 9.40. The number of carbonyl (C=O) groups excluding carboxylic acids is 1. The summed E-state index contributed by atoms with van der Waals surface area (Å²) in [6.45, 7) is 7.84. The second-order valence-electron chi connectivity index (χ2n) is 2.98. The molecule has 0 radical (unpaired) electrons. The Morgan fingerprint density at radius 2 is 1.92 bits per heavy atom. The lowest BCUT2D eigenvalue weighted by molar-refractivity contribution is -0.139. The summed E-state index contributed by atoms with van der Waals surface area (Å²) in [6.07, 6.45) is 4.52. The van der Waals surface area contributed by atoms with Crippen molar-refractivity contribution in [3.05, 3.63) is 12.2 Å². The molecule has 0 aliphatic rings. The number of hydrogen-bond donors (Lipinski definition) is 0. The maximum atomic E-state index is 10.9. The molecular formula is C10H19FO2. The number of rotatable bonds is 6. The average Bonchev–Trinajstić information content (AvgIpc) is 2.03. The molecule has 0 amide bonds. The molecule has 0 aromatic carbocycles. The lowest BCUT2D eigenvalue weighted by atomic mass is 10.2. The van der Waals surface area contributed by atoms with E-state index in [-0.39, 0.29) is 10.7 Å². The highest BCUT2D eigenvalue weighted by Gasteiger charge is 2.00. The van der Waals surface area contributed by atoms with Crippen LogP contribution in [-0.4, -0.2) is 12.6 Å². The summed E-state index contributed by atoms with van der Waals surface area (Å²) in [5, 5.41) is 0. The average molecular weight is 190 g/mol. The number of halogens is 1. The molecule has 78 valence electrons. The smallest absolute Gasteiger partial charge is 0.333 e. The van der Waals surface area contributed by atoms with E-state index in [2.05, 4.69) is 13.5 Å². The van der Waals surface area contributed by atoms with Crippen molar-refractivity contribution in [1.82, 2.24) is 0 Å². The quantitative estimate of drug-likeness (QED) is 0.366. The first kappa shape index (κ1) is 14.7. The third-order valence-corrected chi connectivity index (χ3v) is 1.58. The van der Waals surface area contributed by atoms with Crippen LogP contribution in [0.15, 0.2) is 12.2 Å². The van der Waals surface area contributed by atoms with Crippen molar-refractivity contribution in [2.24, 2.45) is 0 Å². The van der Waals surface area contributed by atoms with Gasteiger partial charge in [0, 0.05) is 5.57 Å². The molecule has 13 heavy (non-hydrogen) atoms. The molecule has 0 aliphatic heterocycles. The van der Waals surface area contributed by atoms with Gasteiger partial charge in [-0.15, -0.1) is 0 Å². The van der Waals surface area contributed by atoms with E-state index in [1.54, 1.807) is 6.92 Å². The largest absolute Gasteiger partial charge is 0.462 e. The summed E-state index contributed by atoms with van der Waals surface area (Å²) >= 11 is 0. The number of unbranched alkanes of at least 4 members (excludes halogenated alkanes) is 3. The summed E-state index contributed by atoms with van der Waals surface area (Å²) in [4.78, 5) is 10.9. The Kier molecular flexibility index (Phi) is 10.4. The first-order valence-electron chi connectivity index (χ1n) is 4.51. The van der Waals surface area contributed by atoms with Crippen molar-refractivity contribution < 1.29 is 14.2 Å². The Morgan fingerprint density at radius 1 is 1.31 bits per heavy atom. The zero-order valence-electron chi connectivity index (χ0n) is 8.47. The molecule has 2 nitrogen and oxygen atoms in total. The predicted octanol–water partition coefficient (Wildman–Crippen LogP) is 2.84. The van der Waals surface area contributed by atoms with E-state index in [9.17, 15) is 4.79 Å². The van der Waals surface area contributed by atoms with Crippen LogP contribution in [0.3, 0.4) is 0 Å². The van der Waals surface area contributed by atoms with Gasteiger partial charge in [0.15, 0.2) is 0 Å². The molecule has 0 saturated heterocycles. The van der Waals surface area contributed by atoms with Crippen LogP contribution in [-0.2, 0) is 9.53 Å². The van der Waals surface area contributed by atoms with Gasteiger partial charge in [-0.1, -0.05) is 32.8 Å². The fraction of sp³-hybridized carbons (Fsp3) is 0.700. The molecule has 0 aromatic heterocycles. The van der Waals surface area contributed by atoms with Gasteiger partial charge in [-0.2, -0.15) is 0 Å². The van der Waals surface area contributed by atoms with Crippen molar-refractivity contribution in [2.75, 3.05) is 6.61 Å². The minimum absolute atomic E-state index is 0. The summed E-state index contributed by atoms with van der Waals surface area (Å²) in [5.74, 6) is -0.272. The lowest BCUT2D eigenvalue weighted by Gasteiger charge is -2.02. The van der Waals surface area contributed by atoms with Gasteiger partial charge in [0.25, 0.3) is 0 Å². The molecule has 0 heterocycles. The summed E-state index contributed by atoms with van der Waals surface area (Å²) < 4.78 is 4.91. The molecule has 0 N–H and O–H groups in total. The fourth-order valence-electron chi connectivity index (χ4n) is 0.817. The van der Waals surface area contributed by atoms with Gasteiger partial charge in [-0.05, 0) is 13.3 Å². The molecule has 3 heteroatoms.